The maximum absolute atomic E-state index is 11.2. The molecule has 1 aromatic rings. The van der Waals surface area contributed by atoms with E-state index in [1.165, 1.54) is 6.07 Å². The van der Waals surface area contributed by atoms with E-state index in [9.17, 15) is 14.9 Å². The highest BCUT2D eigenvalue weighted by Crippen LogP contribution is 2.36. The Morgan fingerprint density at radius 1 is 1.55 bits per heavy atom. The maximum atomic E-state index is 11.2. The predicted octanol–water partition coefficient (Wildman–Crippen LogP) is 1.62. The number of nitro groups is 1. The molecule has 0 aromatic heterocycles. The van der Waals surface area contributed by atoms with Gasteiger partial charge >= 0.3 is 11.7 Å². The first-order valence-electron chi connectivity index (χ1n) is 6.11. The summed E-state index contributed by atoms with van der Waals surface area (Å²) in [5.74, 6) is -1.56. The maximum Gasteiger partial charge on any atom is 0.310 e. The van der Waals surface area contributed by atoms with Crippen LogP contribution < -0.4 is 4.90 Å². The van der Waals surface area contributed by atoms with E-state index in [-0.39, 0.29) is 23.7 Å². The summed E-state index contributed by atoms with van der Waals surface area (Å²) in [6.45, 7) is 2.44. The molecule has 0 bridgehead atoms. The van der Waals surface area contributed by atoms with Crippen molar-refractivity contribution >= 4 is 17.3 Å². The van der Waals surface area contributed by atoms with Crippen LogP contribution in [-0.2, 0) is 4.79 Å². The van der Waals surface area contributed by atoms with Gasteiger partial charge < -0.3 is 10.0 Å². The fraction of sp³-hybridized carbons (Fsp3) is 0.385. The molecule has 0 radical (unpaired) electrons. The number of rotatable bonds is 3. The van der Waals surface area contributed by atoms with E-state index in [2.05, 4.69) is 0 Å². The fourth-order valence-electron chi connectivity index (χ4n) is 2.55. The molecule has 7 heteroatoms. The van der Waals surface area contributed by atoms with Gasteiger partial charge in [-0.1, -0.05) is 13.0 Å². The Hall–Kier alpha value is -2.62. The average molecular weight is 275 g/mol. The Bertz CT molecular complexity index is 608. The van der Waals surface area contributed by atoms with Gasteiger partial charge in [-0.25, -0.2) is 0 Å². The molecule has 0 spiro atoms. The molecule has 7 nitrogen and oxygen atoms in total. The van der Waals surface area contributed by atoms with E-state index in [4.69, 9.17) is 10.4 Å². The van der Waals surface area contributed by atoms with Gasteiger partial charge in [0.25, 0.3) is 0 Å². The van der Waals surface area contributed by atoms with Crippen LogP contribution in [0.1, 0.15) is 12.5 Å². The molecule has 2 atom stereocenters. The number of para-hydroxylation sites is 1. The van der Waals surface area contributed by atoms with Crippen molar-refractivity contribution < 1.29 is 14.8 Å². The summed E-state index contributed by atoms with van der Waals surface area (Å²) in [5.41, 5.74) is 0.0387. The Morgan fingerprint density at radius 3 is 2.75 bits per heavy atom. The number of anilines is 1. The Labute approximate surface area is 115 Å². The van der Waals surface area contributed by atoms with E-state index in [1.807, 2.05) is 0 Å². The zero-order valence-corrected chi connectivity index (χ0v) is 10.8. The molecular formula is C13H13N3O4. The molecule has 0 saturated carbocycles. The van der Waals surface area contributed by atoms with Crippen molar-refractivity contribution in [1.82, 2.24) is 0 Å². The topological polar surface area (TPSA) is 107 Å². The molecule has 0 amide bonds. The monoisotopic (exact) mass is 275 g/mol. The Morgan fingerprint density at radius 2 is 2.25 bits per heavy atom. The molecule has 1 heterocycles. The second-order valence-electron chi connectivity index (χ2n) is 4.87. The van der Waals surface area contributed by atoms with Gasteiger partial charge in [0.05, 0.1) is 10.8 Å². The third-order valence-electron chi connectivity index (χ3n) is 3.59. The highest BCUT2D eigenvalue weighted by Gasteiger charge is 2.37. The van der Waals surface area contributed by atoms with Crippen molar-refractivity contribution in [2.75, 3.05) is 18.0 Å². The van der Waals surface area contributed by atoms with Crippen LogP contribution >= 0.6 is 0 Å². The van der Waals surface area contributed by atoms with Crippen LogP contribution in [0.15, 0.2) is 18.2 Å². The normalized spacial score (nSPS) is 21.5. The van der Waals surface area contributed by atoms with Crippen LogP contribution in [0.5, 0.6) is 0 Å². The largest absolute Gasteiger partial charge is 0.481 e. The summed E-state index contributed by atoms with van der Waals surface area (Å²) < 4.78 is 0. The van der Waals surface area contributed by atoms with Gasteiger partial charge in [0, 0.05) is 13.1 Å². The molecule has 104 valence electrons. The lowest BCUT2D eigenvalue weighted by molar-refractivity contribution is -0.384. The number of hydrogen-bond acceptors (Lipinski definition) is 5. The Kier molecular flexibility index (Phi) is 3.57. The van der Waals surface area contributed by atoms with E-state index >= 15 is 0 Å². The van der Waals surface area contributed by atoms with Crippen LogP contribution in [-0.4, -0.2) is 29.1 Å². The molecule has 1 N–H and O–H groups in total. The van der Waals surface area contributed by atoms with Crippen molar-refractivity contribution in [3.63, 3.8) is 0 Å². The molecular weight excluding hydrogens is 262 g/mol. The average Bonchev–Trinajstić information content (AvgIpc) is 2.79. The molecule has 1 aromatic carbocycles. The van der Waals surface area contributed by atoms with E-state index in [0.29, 0.717) is 12.2 Å². The van der Waals surface area contributed by atoms with Gasteiger partial charge in [-0.05, 0) is 18.1 Å². The van der Waals surface area contributed by atoms with Crippen LogP contribution in [0.25, 0.3) is 0 Å². The van der Waals surface area contributed by atoms with Crippen LogP contribution in [0.3, 0.4) is 0 Å². The smallest absolute Gasteiger partial charge is 0.310 e. The fourth-order valence-corrected chi connectivity index (χ4v) is 2.55. The lowest BCUT2D eigenvalue weighted by Crippen LogP contribution is -2.23. The second-order valence-corrected chi connectivity index (χ2v) is 4.87. The number of nitriles is 1. The van der Waals surface area contributed by atoms with Crippen molar-refractivity contribution in [2.45, 2.75) is 6.92 Å². The second kappa shape index (κ2) is 5.17. The highest BCUT2D eigenvalue weighted by molar-refractivity contribution is 5.75. The third kappa shape index (κ3) is 2.28. The van der Waals surface area contributed by atoms with Crippen molar-refractivity contribution in [1.29, 1.82) is 5.26 Å². The molecule has 20 heavy (non-hydrogen) atoms. The number of hydrogen-bond donors (Lipinski definition) is 1. The minimum atomic E-state index is -0.904. The summed E-state index contributed by atoms with van der Waals surface area (Å²) in [7, 11) is 0. The Balaban J connectivity index is 2.43. The lowest BCUT2D eigenvalue weighted by Gasteiger charge is -2.18. The molecule has 1 saturated heterocycles. The quantitative estimate of drug-likeness (QED) is 0.663. The SMILES string of the molecule is CC1CN(c2cccc(C#N)c2[N+](=O)[O-])CC1C(=O)O. The highest BCUT2D eigenvalue weighted by atomic mass is 16.6. The number of aliphatic carboxylic acids is 1. The summed E-state index contributed by atoms with van der Waals surface area (Å²) in [6, 6.07) is 6.31. The third-order valence-corrected chi connectivity index (χ3v) is 3.59. The van der Waals surface area contributed by atoms with Crippen LogP contribution in [0.4, 0.5) is 11.4 Å². The molecule has 1 aliphatic heterocycles. The molecule has 2 unspecified atom stereocenters. The first kappa shape index (κ1) is 13.8. The number of benzene rings is 1. The number of nitro benzene ring substituents is 1. The first-order chi connectivity index (χ1) is 9.45. The van der Waals surface area contributed by atoms with Crippen LogP contribution in [0, 0.1) is 33.3 Å². The zero-order chi connectivity index (χ0) is 14.9. The standard InChI is InChI=1S/C13H13N3O4/c1-8-6-15(7-10(8)13(17)18)11-4-2-3-9(5-14)12(11)16(19)20/h2-4,8,10H,6-7H2,1H3,(H,17,18). The number of carboxylic acid groups (broad SMARTS) is 1. The van der Waals surface area contributed by atoms with Gasteiger partial charge in [0.2, 0.25) is 0 Å². The molecule has 0 aliphatic carbocycles. The van der Waals surface area contributed by atoms with Crippen LogP contribution in [0.2, 0.25) is 0 Å². The summed E-state index contributed by atoms with van der Waals surface area (Å²) >= 11 is 0. The zero-order valence-electron chi connectivity index (χ0n) is 10.8. The number of nitrogens with zero attached hydrogens (tertiary/aromatic N) is 3. The van der Waals surface area contributed by atoms with Crippen molar-refractivity contribution in [3.05, 3.63) is 33.9 Å². The van der Waals surface area contributed by atoms with Gasteiger partial charge in [-0.3, -0.25) is 14.9 Å². The molecule has 1 aliphatic rings. The van der Waals surface area contributed by atoms with Gasteiger partial charge in [-0.15, -0.1) is 0 Å². The summed E-state index contributed by atoms with van der Waals surface area (Å²) in [5, 5.41) is 29.2. The van der Waals surface area contributed by atoms with Gasteiger partial charge in [-0.2, -0.15) is 5.26 Å². The lowest BCUT2D eigenvalue weighted by atomic mass is 9.99. The molecule has 2 rings (SSSR count). The minimum Gasteiger partial charge on any atom is -0.481 e. The van der Waals surface area contributed by atoms with E-state index in [0.717, 1.165) is 0 Å². The summed E-state index contributed by atoms with van der Waals surface area (Å²) in [6.07, 6.45) is 0. The first-order valence-corrected chi connectivity index (χ1v) is 6.11. The van der Waals surface area contributed by atoms with Gasteiger partial charge in [0.15, 0.2) is 0 Å². The predicted molar refractivity (Wildman–Crippen MR) is 70.3 cm³/mol. The van der Waals surface area contributed by atoms with Crippen molar-refractivity contribution in [3.8, 4) is 6.07 Å². The number of carbonyl (C=O) groups is 1. The van der Waals surface area contributed by atoms with Crippen molar-refractivity contribution in [2.24, 2.45) is 11.8 Å². The number of carboxylic acids is 1. The van der Waals surface area contributed by atoms with E-state index in [1.54, 1.807) is 30.0 Å². The summed E-state index contributed by atoms with van der Waals surface area (Å²) in [4.78, 5) is 23.4. The van der Waals surface area contributed by atoms with Gasteiger partial charge in [0.1, 0.15) is 17.3 Å². The molecule has 1 fully saturated rings. The van der Waals surface area contributed by atoms with E-state index < -0.39 is 16.8 Å². The minimum absolute atomic E-state index is 0.0149.